The highest BCUT2D eigenvalue weighted by molar-refractivity contribution is 14.1. The summed E-state index contributed by atoms with van der Waals surface area (Å²) in [5.74, 6) is 0.360. The lowest BCUT2D eigenvalue weighted by Gasteiger charge is -2.30. The first-order chi connectivity index (χ1) is 11.5. The van der Waals surface area contributed by atoms with Crippen molar-refractivity contribution in [3.8, 4) is 5.75 Å². The number of methoxy groups -OCH3 is 1. The number of rotatable bonds is 6. The number of esters is 1. The minimum Gasteiger partial charge on any atom is -0.493 e. The largest absolute Gasteiger partial charge is 0.493 e. The zero-order valence-corrected chi connectivity index (χ0v) is 16.9. The zero-order valence-electron chi connectivity index (χ0n) is 13.9. The van der Waals surface area contributed by atoms with Crippen molar-refractivity contribution >= 4 is 45.9 Å². The summed E-state index contributed by atoms with van der Waals surface area (Å²) in [7, 11) is 1.38. The first kappa shape index (κ1) is 19.0. The second-order valence-corrected chi connectivity index (χ2v) is 7.10. The number of halogens is 1. The summed E-state index contributed by atoms with van der Waals surface area (Å²) < 4.78 is 11.9. The molecule has 1 unspecified atom stereocenters. The third kappa shape index (κ3) is 4.38. The third-order valence-electron chi connectivity index (χ3n) is 3.71. The SMILES string of the molecule is CCCCOc1ccc(I)cc1C1NC(=S)NC(C)=C1C(=O)OC. The molecule has 5 nitrogen and oxygen atoms in total. The molecule has 2 rings (SSSR count). The van der Waals surface area contributed by atoms with Gasteiger partial charge in [-0.3, -0.25) is 0 Å². The normalized spacial score (nSPS) is 17.2. The van der Waals surface area contributed by atoms with E-state index in [2.05, 4.69) is 40.1 Å². The first-order valence-electron chi connectivity index (χ1n) is 7.76. The molecule has 1 atom stereocenters. The molecule has 1 aromatic rings. The highest BCUT2D eigenvalue weighted by atomic mass is 127. The molecule has 0 spiro atoms. The molecule has 1 aliphatic rings. The van der Waals surface area contributed by atoms with Crippen molar-refractivity contribution in [1.82, 2.24) is 10.6 Å². The molecule has 0 saturated heterocycles. The van der Waals surface area contributed by atoms with Gasteiger partial charge in [0.25, 0.3) is 0 Å². The summed E-state index contributed by atoms with van der Waals surface area (Å²) in [6.45, 7) is 4.57. The molecule has 0 amide bonds. The molecule has 0 aromatic heterocycles. The van der Waals surface area contributed by atoms with Crippen LogP contribution in [0.5, 0.6) is 5.75 Å². The van der Waals surface area contributed by atoms with Gasteiger partial charge >= 0.3 is 5.97 Å². The molecule has 7 heteroatoms. The van der Waals surface area contributed by atoms with Crippen LogP contribution in [0.1, 0.15) is 38.3 Å². The van der Waals surface area contributed by atoms with Crippen LogP contribution in [-0.2, 0) is 9.53 Å². The van der Waals surface area contributed by atoms with E-state index in [0.717, 1.165) is 27.7 Å². The van der Waals surface area contributed by atoms with Gasteiger partial charge in [-0.25, -0.2) is 4.79 Å². The Morgan fingerprint density at radius 2 is 2.17 bits per heavy atom. The van der Waals surface area contributed by atoms with Crippen molar-refractivity contribution in [2.24, 2.45) is 0 Å². The van der Waals surface area contributed by atoms with E-state index in [4.69, 9.17) is 21.7 Å². The van der Waals surface area contributed by atoms with Crippen molar-refractivity contribution in [3.05, 3.63) is 38.6 Å². The molecule has 0 fully saturated rings. The number of unbranched alkanes of at least 4 members (excludes halogenated alkanes) is 1. The lowest BCUT2D eigenvalue weighted by molar-refractivity contribution is -0.136. The van der Waals surface area contributed by atoms with Crippen LogP contribution in [0, 0.1) is 3.57 Å². The Morgan fingerprint density at radius 3 is 2.83 bits per heavy atom. The smallest absolute Gasteiger partial charge is 0.337 e. The molecular formula is C17H21IN2O3S. The van der Waals surface area contributed by atoms with E-state index in [9.17, 15) is 4.79 Å². The molecular weight excluding hydrogens is 439 g/mol. The topological polar surface area (TPSA) is 59.6 Å². The maximum absolute atomic E-state index is 12.3. The van der Waals surface area contributed by atoms with Crippen LogP contribution in [0.3, 0.4) is 0 Å². The fraction of sp³-hybridized carbons (Fsp3) is 0.412. The van der Waals surface area contributed by atoms with Crippen LogP contribution < -0.4 is 15.4 Å². The molecule has 0 saturated carbocycles. The Labute approximate surface area is 161 Å². The van der Waals surface area contributed by atoms with E-state index in [0.29, 0.717) is 23.0 Å². The van der Waals surface area contributed by atoms with Crippen LogP contribution >= 0.6 is 34.8 Å². The zero-order chi connectivity index (χ0) is 17.7. The Kier molecular flexibility index (Phi) is 6.85. The number of ether oxygens (including phenoxy) is 2. The van der Waals surface area contributed by atoms with Crippen LogP contribution in [0.4, 0.5) is 0 Å². The Hall–Kier alpha value is -1.35. The second-order valence-electron chi connectivity index (χ2n) is 5.45. The third-order valence-corrected chi connectivity index (χ3v) is 4.60. The van der Waals surface area contributed by atoms with Gasteiger partial charge < -0.3 is 20.1 Å². The van der Waals surface area contributed by atoms with Crippen LogP contribution in [0.25, 0.3) is 0 Å². The Balaban J connectivity index is 2.46. The van der Waals surface area contributed by atoms with Gasteiger partial charge in [-0.15, -0.1) is 0 Å². The summed E-state index contributed by atoms with van der Waals surface area (Å²) >= 11 is 7.51. The summed E-state index contributed by atoms with van der Waals surface area (Å²) in [5.41, 5.74) is 2.07. The first-order valence-corrected chi connectivity index (χ1v) is 9.25. The number of thiocarbonyl (C=S) groups is 1. The van der Waals surface area contributed by atoms with Gasteiger partial charge in [0.1, 0.15) is 5.75 Å². The highest BCUT2D eigenvalue weighted by Gasteiger charge is 2.32. The summed E-state index contributed by atoms with van der Waals surface area (Å²) in [6, 6.07) is 5.52. The van der Waals surface area contributed by atoms with Crippen LogP contribution in [0.2, 0.25) is 0 Å². The monoisotopic (exact) mass is 460 g/mol. The number of nitrogens with one attached hydrogen (secondary N) is 2. The molecule has 2 N–H and O–H groups in total. The number of hydrogen-bond acceptors (Lipinski definition) is 4. The number of benzene rings is 1. The predicted octanol–water partition coefficient (Wildman–Crippen LogP) is 3.44. The van der Waals surface area contributed by atoms with Gasteiger partial charge in [0, 0.05) is 14.8 Å². The van der Waals surface area contributed by atoms with E-state index in [1.807, 2.05) is 25.1 Å². The number of carbonyl (C=O) groups is 1. The van der Waals surface area contributed by atoms with E-state index < -0.39 is 12.0 Å². The minimum atomic E-state index is -0.405. The number of carbonyl (C=O) groups excluding carboxylic acids is 1. The lowest BCUT2D eigenvalue weighted by Crippen LogP contribution is -2.45. The average molecular weight is 460 g/mol. The molecule has 130 valence electrons. The van der Waals surface area contributed by atoms with Gasteiger partial charge in [0.2, 0.25) is 0 Å². The molecule has 24 heavy (non-hydrogen) atoms. The molecule has 1 heterocycles. The van der Waals surface area contributed by atoms with Crippen molar-refractivity contribution in [1.29, 1.82) is 0 Å². The summed E-state index contributed by atoms with van der Waals surface area (Å²) in [4.78, 5) is 12.3. The Morgan fingerprint density at radius 1 is 1.42 bits per heavy atom. The average Bonchev–Trinajstić information content (AvgIpc) is 2.55. The summed E-state index contributed by atoms with van der Waals surface area (Å²) in [5, 5.41) is 6.63. The minimum absolute atomic E-state index is 0.390. The fourth-order valence-electron chi connectivity index (χ4n) is 2.51. The lowest BCUT2D eigenvalue weighted by atomic mass is 9.95. The molecule has 1 aromatic carbocycles. The van der Waals surface area contributed by atoms with E-state index in [-0.39, 0.29) is 0 Å². The standard InChI is InChI=1S/C17H21IN2O3S/c1-4-5-8-23-13-7-6-11(18)9-12(13)15-14(16(21)22-3)10(2)19-17(24)20-15/h6-7,9,15H,4-5,8H2,1-3H3,(H2,19,20,24). The van der Waals surface area contributed by atoms with Crippen molar-refractivity contribution in [3.63, 3.8) is 0 Å². The maximum atomic E-state index is 12.3. The predicted molar refractivity (Wildman–Crippen MR) is 106 cm³/mol. The molecule has 0 aliphatic carbocycles. The van der Waals surface area contributed by atoms with Gasteiger partial charge in [0.05, 0.1) is 25.3 Å². The Bertz CT molecular complexity index is 676. The van der Waals surface area contributed by atoms with Gasteiger partial charge in [-0.1, -0.05) is 13.3 Å². The number of hydrogen-bond donors (Lipinski definition) is 2. The van der Waals surface area contributed by atoms with Crippen molar-refractivity contribution in [2.75, 3.05) is 13.7 Å². The second kappa shape index (κ2) is 8.66. The van der Waals surface area contributed by atoms with Gasteiger partial charge in [-0.05, 0) is 66.4 Å². The fourth-order valence-corrected chi connectivity index (χ4v) is 3.30. The molecule has 1 aliphatic heterocycles. The van der Waals surface area contributed by atoms with Crippen LogP contribution in [-0.4, -0.2) is 24.8 Å². The highest BCUT2D eigenvalue weighted by Crippen LogP contribution is 2.34. The number of allylic oxidation sites excluding steroid dienone is 1. The van der Waals surface area contributed by atoms with Crippen LogP contribution in [0.15, 0.2) is 29.5 Å². The quantitative estimate of drug-likeness (QED) is 0.294. The molecule has 0 radical (unpaired) electrons. The van der Waals surface area contributed by atoms with Crippen molar-refractivity contribution < 1.29 is 14.3 Å². The summed E-state index contributed by atoms with van der Waals surface area (Å²) in [6.07, 6.45) is 2.03. The van der Waals surface area contributed by atoms with E-state index >= 15 is 0 Å². The maximum Gasteiger partial charge on any atom is 0.337 e. The van der Waals surface area contributed by atoms with Gasteiger partial charge in [0.15, 0.2) is 5.11 Å². The van der Waals surface area contributed by atoms with Gasteiger partial charge in [-0.2, -0.15) is 0 Å². The molecule has 0 bridgehead atoms. The van der Waals surface area contributed by atoms with Crippen molar-refractivity contribution in [2.45, 2.75) is 32.7 Å². The van der Waals surface area contributed by atoms with E-state index in [1.165, 1.54) is 7.11 Å². The van der Waals surface area contributed by atoms with E-state index in [1.54, 1.807) is 0 Å².